The first kappa shape index (κ1) is 25.1. The van der Waals surface area contributed by atoms with E-state index in [0.717, 1.165) is 55.2 Å². The molecule has 8 heteroatoms. The molecule has 2 aliphatic heterocycles. The number of amides is 1. The Morgan fingerprint density at radius 3 is 2.81 bits per heavy atom. The minimum absolute atomic E-state index is 0.128. The van der Waals surface area contributed by atoms with Gasteiger partial charge in [-0.25, -0.2) is 4.21 Å². The Morgan fingerprint density at radius 1 is 1.11 bits per heavy atom. The van der Waals surface area contributed by atoms with Gasteiger partial charge in [0.05, 0.1) is 24.7 Å². The fourth-order valence-corrected chi connectivity index (χ4v) is 7.72. The van der Waals surface area contributed by atoms with E-state index >= 15 is 0 Å². The summed E-state index contributed by atoms with van der Waals surface area (Å²) >= 11 is 6.33. The van der Waals surface area contributed by atoms with Crippen LogP contribution in [-0.2, 0) is 26.3 Å². The molecule has 37 heavy (non-hydrogen) atoms. The normalized spacial score (nSPS) is 31.9. The number of halogens is 1. The van der Waals surface area contributed by atoms with Crippen molar-refractivity contribution >= 4 is 38.8 Å². The number of carbonyl (C=O) groups excluding carboxylic acids is 1. The Hall–Kier alpha value is -2.22. The van der Waals surface area contributed by atoms with E-state index in [9.17, 15) is 9.00 Å². The van der Waals surface area contributed by atoms with E-state index in [-0.39, 0.29) is 17.1 Å². The molecule has 1 amide bonds. The monoisotopic (exact) mass is 542 g/mol. The van der Waals surface area contributed by atoms with E-state index in [1.807, 2.05) is 18.2 Å². The van der Waals surface area contributed by atoms with Crippen LogP contribution in [0.25, 0.3) is 0 Å². The zero-order valence-corrected chi connectivity index (χ0v) is 22.8. The highest BCUT2D eigenvalue weighted by atomic mass is 35.5. The second kappa shape index (κ2) is 9.83. The number of hydrogen-bond donors (Lipinski definition) is 1. The van der Waals surface area contributed by atoms with Crippen molar-refractivity contribution in [2.45, 2.75) is 43.9 Å². The number of hydrogen-bond acceptors (Lipinski definition) is 5. The number of carbonyl (C=O) groups is 1. The first-order valence-electron chi connectivity index (χ1n) is 13.4. The highest BCUT2D eigenvalue weighted by Crippen LogP contribution is 2.47. The van der Waals surface area contributed by atoms with Gasteiger partial charge in [-0.1, -0.05) is 17.7 Å². The van der Waals surface area contributed by atoms with Crippen molar-refractivity contribution in [1.82, 2.24) is 4.72 Å². The van der Waals surface area contributed by atoms with Crippen LogP contribution in [0.5, 0.6) is 5.75 Å². The molecule has 2 bridgehead atoms. The molecule has 2 aromatic rings. The zero-order valence-electron chi connectivity index (χ0n) is 21.2. The van der Waals surface area contributed by atoms with Crippen LogP contribution in [-0.4, -0.2) is 54.6 Å². The molecular formula is C29H35ClN2O4S. The number of fused-ring (bicyclic) bond motifs is 4. The molecule has 6 rings (SSSR count). The van der Waals surface area contributed by atoms with Gasteiger partial charge in [-0.15, -0.1) is 0 Å². The first-order valence-corrected chi connectivity index (χ1v) is 15.6. The molecule has 0 radical (unpaired) electrons. The molecular weight excluding hydrogens is 508 g/mol. The molecule has 2 aliphatic carbocycles. The number of ether oxygens (including phenoxy) is 2. The summed E-state index contributed by atoms with van der Waals surface area (Å²) in [6, 6.07) is 11.8. The molecule has 4 atom stereocenters. The quantitative estimate of drug-likeness (QED) is 0.492. The summed E-state index contributed by atoms with van der Waals surface area (Å²) in [4.78, 5) is 15.6. The molecule has 1 saturated carbocycles. The van der Waals surface area contributed by atoms with Gasteiger partial charge in [0.15, 0.2) is 0 Å². The maximum Gasteiger partial charge on any atom is 0.262 e. The number of nitrogens with zero attached hydrogens (tertiary/aromatic N) is 1. The summed E-state index contributed by atoms with van der Waals surface area (Å²) < 4.78 is 27.8. The van der Waals surface area contributed by atoms with Crippen molar-refractivity contribution in [1.29, 1.82) is 0 Å². The van der Waals surface area contributed by atoms with E-state index < -0.39 is 9.71 Å². The molecule has 1 spiro atoms. The lowest BCUT2D eigenvalue weighted by atomic mass is 9.71. The number of nitrogens with one attached hydrogen (secondary N) is 1. The predicted octanol–water partition coefficient (Wildman–Crippen LogP) is 4.62. The fourth-order valence-electron chi connectivity index (χ4n) is 6.58. The highest BCUT2D eigenvalue weighted by Gasteiger charge is 2.44. The molecule has 4 aliphatic rings. The van der Waals surface area contributed by atoms with Crippen LogP contribution >= 0.6 is 11.6 Å². The van der Waals surface area contributed by atoms with Gasteiger partial charge in [0.1, 0.15) is 5.75 Å². The van der Waals surface area contributed by atoms with Gasteiger partial charge in [-0.3, -0.25) is 9.52 Å². The minimum atomic E-state index is -2.79. The Balaban J connectivity index is 1.38. The summed E-state index contributed by atoms with van der Waals surface area (Å²) in [5, 5.41) is 0.776. The first-order chi connectivity index (χ1) is 17.8. The molecule has 6 nitrogen and oxygen atoms in total. The Labute approximate surface area is 224 Å². The van der Waals surface area contributed by atoms with Crippen LogP contribution in [0, 0.1) is 11.8 Å². The highest BCUT2D eigenvalue weighted by molar-refractivity contribution is 7.99. The smallest absolute Gasteiger partial charge is 0.262 e. The average Bonchev–Trinajstić information content (AvgIpc) is 3.11. The van der Waals surface area contributed by atoms with Crippen LogP contribution in [0.2, 0.25) is 5.02 Å². The molecule has 1 unspecified atom stereocenters. The molecule has 2 aromatic carbocycles. The van der Waals surface area contributed by atoms with Crippen molar-refractivity contribution in [3.8, 4) is 5.75 Å². The Morgan fingerprint density at radius 2 is 1.97 bits per heavy atom. The maximum atomic E-state index is 13.1. The summed E-state index contributed by atoms with van der Waals surface area (Å²) in [7, 11) is -2.79. The van der Waals surface area contributed by atoms with Crippen LogP contribution in [0.15, 0.2) is 36.4 Å². The van der Waals surface area contributed by atoms with Crippen molar-refractivity contribution < 1.29 is 18.5 Å². The van der Waals surface area contributed by atoms with Crippen molar-refractivity contribution in [3.63, 3.8) is 0 Å². The van der Waals surface area contributed by atoms with Gasteiger partial charge < -0.3 is 14.4 Å². The Kier molecular flexibility index (Phi) is 6.66. The second-order valence-corrected chi connectivity index (χ2v) is 13.9. The lowest BCUT2D eigenvalue weighted by molar-refractivity contribution is 0.0981. The van der Waals surface area contributed by atoms with E-state index in [1.165, 1.54) is 24.0 Å². The molecule has 0 saturated heterocycles. The molecule has 0 aromatic heterocycles. The number of aryl methyl sites for hydroxylation is 1. The SMILES string of the molecule is C=S1(=O)CCOCCC[C@@H]2CC[C@H]2CN2C[C@@]3(CCc4cc(Cl)ccc43)COc3ccc(cc32)C(=O)N1. The van der Waals surface area contributed by atoms with Gasteiger partial charge in [0.25, 0.3) is 5.91 Å². The zero-order chi connectivity index (χ0) is 25.6. The topological polar surface area (TPSA) is 67.9 Å². The van der Waals surface area contributed by atoms with E-state index in [1.54, 1.807) is 6.07 Å². The average molecular weight is 543 g/mol. The summed E-state index contributed by atoms with van der Waals surface area (Å²) in [6.45, 7) is 3.34. The standard InChI is InChI=1S/C29H35ClN2O4S/c1-37(34)14-13-35-12-2-3-20-4-5-23(20)17-32-18-29(11-10-21-15-24(30)7-8-25(21)29)19-36-27-9-6-22(16-26(27)32)28(33)31-37/h6-9,15-16,20,23H,1-5,10-14,17-19H2,(H,31,33,34)/t20-,23+,29+,37?/m1/s1. The van der Waals surface area contributed by atoms with E-state index in [0.29, 0.717) is 37.2 Å². The third kappa shape index (κ3) is 4.98. The van der Waals surface area contributed by atoms with Crippen molar-refractivity contribution in [2.75, 3.05) is 43.6 Å². The van der Waals surface area contributed by atoms with Gasteiger partial charge in [0, 0.05) is 45.4 Å². The largest absolute Gasteiger partial charge is 0.490 e. The lowest BCUT2D eigenvalue weighted by Crippen LogP contribution is -2.46. The molecule has 2 heterocycles. The van der Waals surface area contributed by atoms with Crippen molar-refractivity contribution in [3.05, 3.63) is 58.1 Å². The fraction of sp³-hybridized carbons (Fsp3) is 0.517. The van der Waals surface area contributed by atoms with Gasteiger partial charge >= 0.3 is 0 Å². The summed E-state index contributed by atoms with van der Waals surface area (Å²) in [6.07, 6.45) is 6.61. The second-order valence-electron chi connectivity index (χ2n) is 11.2. The summed E-state index contributed by atoms with van der Waals surface area (Å²) in [5.41, 5.74) is 3.92. The molecule has 1 N–H and O–H groups in total. The number of rotatable bonds is 0. The number of anilines is 1. The van der Waals surface area contributed by atoms with Crippen molar-refractivity contribution in [2.24, 2.45) is 11.8 Å². The Bertz CT molecular complexity index is 1310. The molecule has 1 fully saturated rings. The summed E-state index contributed by atoms with van der Waals surface area (Å²) in [5.74, 6) is 5.69. The van der Waals surface area contributed by atoms with E-state index in [2.05, 4.69) is 27.6 Å². The molecule has 198 valence electrons. The van der Waals surface area contributed by atoms with Crippen LogP contribution in [0.4, 0.5) is 5.69 Å². The third-order valence-corrected chi connectivity index (χ3v) is 10.4. The number of benzene rings is 2. The van der Waals surface area contributed by atoms with Crippen LogP contribution < -0.4 is 14.4 Å². The van der Waals surface area contributed by atoms with Crippen LogP contribution in [0.3, 0.4) is 0 Å². The van der Waals surface area contributed by atoms with Gasteiger partial charge in [-0.05, 0) is 97.7 Å². The maximum absolute atomic E-state index is 13.1. The van der Waals surface area contributed by atoms with Gasteiger partial charge in [0.2, 0.25) is 0 Å². The third-order valence-electron chi connectivity index (χ3n) is 8.80. The minimum Gasteiger partial charge on any atom is -0.490 e. The van der Waals surface area contributed by atoms with E-state index in [4.69, 9.17) is 21.1 Å². The predicted molar refractivity (Wildman–Crippen MR) is 149 cm³/mol. The van der Waals surface area contributed by atoms with Gasteiger partial charge in [-0.2, -0.15) is 0 Å². The van der Waals surface area contributed by atoms with Crippen LogP contribution in [0.1, 0.15) is 53.6 Å². The lowest BCUT2D eigenvalue weighted by Gasteiger charge is -2.42.